The Bertz CT molecular complexity index is 473. The molecule has 2 amide bonds. The normalized spacial score (nSPS) is 20.0. The molecule has 1 unspecified atom stereocenters. The first-order valence-electron chi connectivity index (χ1n) is 8.03. The summed E-state index contributed by atoms with van der Waals surface area (Å²) in [7, 11) is 0. The van der Waals surface area contributed by atoms with Crippen LogP contribution in [-0.2, 0) is 19.2 Å². The van der Waals surface area contributed by atoms with Gasteiger partial charge in [-0.3, -0.25) is 24.1 Å². The van der Waals surface area contributed by atoms with E-state index in [2.05, 4.69) is 12.6 Å². The van der Waals surface area contributed by atoms with Crippen LogP contribution >= 0.6 is 24.4 Å². The number of allylic oxidation sites excluding steroid dienone is 2. The third-order valence-corrected chi connectivity index (χ3v) is 4.55. The lowest BCUT2D eigenvalue weighted by Gasteiger charge is -2.12. The summed E-state index contributed by atoms with van der Waals surface area (Å²) >= 11 is 4.99. The highest BCUT2D eigenvalue weighted by Crippen LogP contribution is 2.22. The highest BCUT2D eigenvalue weighted by molar-refractivity contribution is 8.00. The highest BCUT2D eigenvalue weighted by atomic mass is 32.2. The van der Waals surface area contributed by atoms with E-state index < -0.39 is 0 Å². The van der Waals surface area contributed by atoms with Gasteiger partial charge in [-0.15, -0.1) is 0 Å². The van der Waals surface area contributed by atoms with Gasteiger partial charge in [0.25, 0.3) is 0 Å². The van der Waals surface area contributed by atoms with E-state index in [9.17, 15) is 19.2 Å². The van der Waals surface area contributed by atoms with Gasteiger partial charge in [0.15, 0.2) is 11.6 Å². The fraction of sp³-hybridized carbons (Fsp3) is 0.647. The second-order valence-electron chi connectivity index (χ2n) is 5.29. The van der Waals surface area contributed by atoms with Gasteiger partial charge in [-0.25, -0.2) is 0 Å². The van der Waals surface area contributed by atoms with Crippen molar-refractivity contribution in [2.24, 2.45) is 5.92 Å². The van der Waals surface area contributed by atoms with Crippen LogP contribution < -0.4 is 0 Å². The van der Waals surface area contributed by atoms with Crippen LogP contribution in [0.4, 0.5) is 0 Å². The van der Waals surface area contributed by atoms with Crippen molar-refractivity contribution >= 4 is 47.8 Å². The Labute approximate surface area is 154 Å². The first kappa shape index (κ1) is 22.9. The minimum absolute atomic E-state index is 0.00523. The number of ketones is 2. The Hall–Kier alpha value is -1.08. The molecule has 1 aliphatic carbocycles. The van der Waals surface area contributed by atoms with Crippen LogP contribution in [-0.4, -0.2) is 52.6 Å². The number of imide groups is 1. The Morgan fingerprint density at radius 3 is 2.00 bits per heavy atom. The average Bonchev–Trinajstić information content (AvgIpc) is 3.05. The van der Waals surface area contributed by atoms with E-state index >= 15 is 0 Å². The van der Waals surface area contributed by atoms with Crippen LogP contribution in [0.15, 0.2) is 12.2 Å². The van der Waals surface area contributed by atoms with Crippen LogP contribution in [0.3, 0.4) is 0 Å². The van der Waals surface area contributed by atoms with Crippen LogP contribution in [0.5, 0.6) is 0 Å². The smallest absolute Gasteiger partial charge is 0.242 e. The Morgan fingerprint density at radius 2 is 1.62 bits per heavy atom. The van der Waals surface area contributed by atoms with E-state index in [0.29, 0.717) is 19.4 Å². The minimum atomic E-state index is -0.343. The van der Waals surface area contributed by atoms with E-state index in [0.717, 1.165) is 12.8 Å². The lowest BCUT2D eigenvalue weighted by Crippen LogP contribution is -2.31. The third kappa shape index (κ3) is 6.43. The number of likely N-dealkylation sites (tertiary alicyclic amines) is 1. The lowest BCUT2D eigenvalue weighted by atomic mass is 10.00. The molecule has 2 rings (SSSR count). The van der Waals surface area contributed by atoms with Gasteiger partial charge >= 0.3 is 0 Å². The van der Waals surface area contributed by atoms with Crippen molar-refractivity contribution < 1.29 is 19.2 Å². The van der Waals surface area contributed by atoms with E-state index in [1.165, 1.54) is 28.8 Å². The standard InChI is InChI=1S/C8H13NO2S.C8H10O2.CH4S/c1-3-4-9-7(10)5-6(12-2)8(9)11;1-2-3-6-7(9)4-5-8(6)10;1-2/h6H,3-5H2,1-2H3;4-6H,2-3H2,1H3;2H,1H3. The summed E-state index contributed by atoms with van der Waals surface area (Å²) in [6.45, 7) is 4.51. The number of rotatable bonds is 5. The molecule has 0 aromatic rings. The molecule has 0 aromatic heterocycles. The molecule has 0 N–H and O–H groups in total. The van der Waals surface area contributed by atoms with Crippen LogP contribution in [0.2, 0.25) is 0 Å². The molecule has 1 aliphatic heterocycles. The molecule has 1 fully saturated rings. The van der Waals surface area contributed by atoms with Crippen molar-refractivity contribution in [2.45, 2.75) is 44.8 Å². The summed E-state index contributed by atoms with van der Waals surface area (Å²) < 4.78 is 0. The van der Waals surface area contributed by atoms with Gasteiger partial charge in [-0.05, 0) is 37.5 Å². The summed E-state index contributed by atoms with van der Waals surface area (Å²) in [5, 5.41) is -0.121. The second-order valence-corrected chi connectivity index (χ2v) is 6.33. The predicted molar refractivity (Wildman–Crippen MR) is 101 cm³/mol. The van der Waals surface area contributed by atoms with Gasteiger partial charge in [-0.1, -0.05) is 20.3 Å². The molecule has 7 heteroatoms. The van der Waals surface area contributed by atoms with Gasteiger partial charge in [-0.2, -0.15) is 24.4 Å². The molecule has 0 spiro atoms. The molecule has 24 heavy (non-hydrogen) atoms. The molecule has 1 heterocycles. The molecular formula is C17H27NO4S2. The summed E-state index contributed by atoms with van der Waals surface area (Å²) in [6.07, 6.45) is 9.14. The Balaban J connectivity index is 0.000000405. The number of carbonyl (C=O) groups excluding carboxylic acids is 4. The number of thiol groups is 1. The van der Waals surface area contributed by atoms with Crippen molar-refractivity contribution in [3.8, 4) is 0 Å². The van der Waals surface area contributed by atoms with E-state index in [1.807, 2.05) is 20.1 Å². The predicted octanol–water partition coefficient (Wildman–Crippen LogP) is 2.54. The zero-order chi connectivity index (χ0) is 18.7. The molecule has 0 radical (unpaired) electrons. The quantitative estimate of drug-likeness (QED) is 0.455. The van der Waals surface area contributed by atoms with E-state index in [4.69, 9.17) is 0 Å². The number of amides is 2. The summed E-state index contributed by atoms with van der Waals surface area (Å²) in [5.41, 5.74) is 0. The SMILES string of the molecule is CCCC1C(=O)C=CC1=O.CCCN1C(=O)CC(SC)C1=O.CS. The van der Waals surface area contributed by atoms with Gasteiger partial charge in [0.05, 0.1) is 11.2 Å². The van der Waals surface area contributed by atoms with E-state index in [-0.39, 0.29) is 34.5 Å². The maximum absolute atomic E-state index is 11.4. The first-order chi connectivity index (χ1) is 11.5. The molecule has 1 saturated heterocycles. The average molecular weight is 374 g/mol. The summed E-state index contributed by atoms with van der Waals surface area (Å²) in [5.74, 6) is -0.403. The van der Waals surface area contributed by atoms with E-state index in [1.54, 1.807) is 6.26 Å². The Morgan fingerprint density at radius 1 is 1.08 bits per heavy atom. The lowest BCUT2D eigenvalue weighted by molar-refractivity contribution is -0.138. The maximum Gasteiger partial charge on any atom is 0.242 e. The monoisotopic (exact) mass is 373 g/mol. The molecule has 5 nitrogen and oxygen atoms in total. The zero-order valence-electron chi connectivity index (χ0n) is 14.8. The molecule has 0 bridgehead atoms. The summed E-state index contributed by atoms with van der Waals surface area (Å²) in [6, 6.07) is 0. The number of nitrogens with zero attached hydrogens (tertiary/aromatic N) is 1. The molecule has 0 aromatic carbocycles. The fourth-order valence-corrected chi connectivity index (χ4v) is 3.04. The molecule has 0 saturated carbocycles. The molecule has 1 atom stereocenters. The van der Waals surface area contributed by atoms with Crippen molar-refractivity contribution in [2.75, 3.05) is 19.1 Å². The number of carbonyl (C=O) groups is 4. The van der Waals surface area contributed by atoms with Crippen molar-refractivity contribution in [3.63, 3.8) is 0 Å². The van der Waals surface area contributed by atoms with Crippen LogP contribution in [0, 0.1) is 5.92 Å². The van der Waals surface area contributed by atoms with Gasteiger partial charge in [0.2, 0.25) is 11.8 Å². The first-order valence-corrected chi connectivity index (χ1v) is 10.2. The number of hydrogen-bond acceptors (Lipinski definition) is 6. The topological polar surface area (TPSA) is 71.5 Å². The van der Waals surface area contributed by atoms with Gasteiger partial charge < -0.3 is 0 Å². The third-order valence-electron chi connectivity index (χ3n) is 3.61. The second kappa shape index (κ2) is 12.3. The number of hydrogen-bond donors (Lipinski definition) is 1. The molecular weight excluding hydrogens is 346 g/mol. The Kier molecular flexibility index (Phi) is 11.8. The van der Waals surface area contributed by atoms with Crippen molar-refractivity contribution in [1.29, 1.82) is 0 Å². The fourth-order valence-electron chi connectivity index (χ4n) is 2.41. The largest absolute Gasteiger partial charge is 0.294 e. The van der Waals surface area contributed by atoms with Crippen molar-refractivity contribution in [3.05, 3.63) is 12.2 Å². The van der Waals surface area contributed by atoms with Crippen LogP contribution in [0.1, 0.15) is 39.5 Å². The summed E-state index contributed by atoms with van der Waals surface area (Å²) in [4.78, 5) is 45.8. The molecule has 136 valence electrons. The van der Waals surface area contributed by atoms with Crippen molar-refractivity contribution in [1.82, 2.24) is 4.90 Å². The van der Waals surface area contributed by atoms with Crippen LogP contribution in [0.25, 0.3) is 0 Å². The van der Waals surface area contributed by atoms with Gasteiger partial charge in [0.1, 0.15) is 0 Å². The number of thioether (sulfide) groups is 1. The van der Waals surface area contributed by atoms with Gasteiger partial charge in [0, 0.05) is 13.0 Å². The minimum Gasteiger partial charge on any atom is -0.294 e. The highest BCUT2D eigenvalue weighted by Gasteiger charge is 2.37. The molecule has 2 aliphatic rings. The maximum atomic E-state index is 11.4. The zero-order valence-corrected chi connectivity index (χ0v) is 16.5.